The van der Waals surface area contributed by atoms with Crippen molar-refractivity contribution in [3.8, 4) is 0 Å². The number of allylic oxidation sites excluding steroid dienone is 1. The molecule has 86 valence electrons. The molecule has 1 N–H and O–H groups in total. The van der Waals surface area contributed by atoms with Crippen molar-refractivity contribution >= 4 is 5.69 Å². The molecule has 0 amide bonds. The van der Waals surface area contributed by atoms with Gasteiger partial charge in [0.15, 0.2) is 0 Å². The number of benzene rings is 1. The molecule has 0 bridgehead atoms. The Hall–Kier alpha value is -1.28. The lowest BCUT2D eigenvalue weighted by atomic mass is 10.0. The van der Waals surface area contributed by atoms with Crippen molar-refractivity contribution in [2.24, 2.45) is 0 Å². The Morgan fingerprint density at radius 1 is 1.31 bits per heavy atom. The summed E-state index contributed by atoms with van der Waals surface area (Å²) < 4.78 is 0. The summed E-state index contributed by atoms with van der Waals surface area (Å²) in [6, 6.07) is 9.14. The Bertz CT molecular complexity index is 407. The normalized spacial score (nSPS) is 20.4. The van der Waals surface area contributed by atoms with Crippen molar-refractivity contribution in [3.05, 3.63) is 41.6 Å². The average molecular weight is 216 g/mol. The van der Waals surface area contributed by atoms with Crippen LogP contribution in [0.2, 0.25) is 0 Å². The molecule has 2 heteroatoms. The van der Waals surface area contributed by atoms with Gasteiger partial charge in [0.1, 0.15) is 0 Å². The van der Waals surface area contributed by atoms with E-state index in [1.165, 1.54) is 16.9 Å². The molecule has 1 aliphatic heterocycles. The van der Waals surface area contributed by atoms with E-state index < -0.39 is 0 Å². The standard InChI is InChI=1S/C14H20N2/c1-10(2)13-6-5-7-14(9-13)16-12(4)8-11(3)15-16/h5-11,15H,1-4H3. The Morgan fingerprint density at radius 3 is 2.62 bits per heavy atom. The minimum Gasteiger partial charge on any atom is -0.281 e. The van der Waals surface area contributed by atoms with Crippen molar-refractivity contribution in [3.63, 3.8) is 0 Å². The van der Waals surface area contributed by atoms with Gasteiger partial charge in [-0.25, -0.2) is 5.43 Å². The Kier molecular flexibility index (Phi) is 3.01. The molecule has 0 saturated carbocycles. The molecule has 2 rings (SSSR count). The lowest BCUT2D eigenvalue weighted by Gasteiger charge is -2.22. The van der Waals surface area contributed by atoms with Gasteiger partial charge in [0.25, 0.3) is 0 Å². The predicted octanol–water partition coefficient (Wildman–Crippen LogP) is 3.43. The number of nitrogens with zero attached hydrogens (tertiary/aromatic N) is 1. The van der Waals surface area contributed by atoms with Crippen molar-refractivity contribution < 1.29 is 0 Å². The second kappa shape index (κ2) is 4.30. The van der Waals surface area contributed by atoms with Crippen molar-refractivity contribution in [1.82, 2.24) is 5.43 Å². The summed E-state index contributed by atoms with van der Waals surface area (Å²) in [6.45, 7) is 8.75. The van der Waals surface area contributed by atoms with E-state index in [-0.39, 0.29) is 0 Å². The van der Waals surface area contributed by atoms with Gasteiger partial charge in [-0.3, -0.25) is 5.01 Å². The predicted molar refractivity (Wildman–Crippen MR) is 69.4 cm³/mol. The van der Waals surface area contributed by atoms with Gasteiger partial charge >= 0.3 is 0 Å². The van der Waals surface area contributed by atoms with E-state index in [9.17, 15) is 0 Å². The summed E-state index contributed by atoms with van der Waals surface area (Å²) in [6.07, 6.45) is 2.24. The Morgan fingerprint density at radius 2 is 2.06 bits per heavy atom. The van der Waals surface area contributed by atoms with Crippen LogP contribution in [-0.4, -0.2) is 6.04 Å². The number of rotatable bonds is 2. The van der Waals surface area contributed by atoms with E-state index in [2.05, 4.69) is 68.5 Å². The summed E-state index contributed by atoms with van der Waals surface area (Å²) >= 11 is 0. The minimum atomic E-state index is 0.419. The maximum atomic E-state index is 3.43. The first-order valence-corrected chi connectivity index (χ1v) is 5.92. The third kappa shape index (κ3) is 2.12. The van der Waals surface area contributed by atoms with Gasteiger partial charge in [-0.2, -0.15) is 0 Å². The molecular formula is C14H20N2. The van der Waals surface area contributed by atoms with Crippen LogP contribution < -0.4 is 10.4 Å². The quantitative estimate of drug-likeness (QED) is 0.814. The van der Waals surface area contributed by atoms with E-state index in [4.69, 9.17) is 0 Å². The third-order valence-corrected chi connectivity index (χ3v) is 2.97. The van der Waals surface area contributed by atoms with Gasteiger partial charge in [-0.05, 0) is 43.5 Å². The van der Waals surface area contributed by atoms with Crippen LogP contribution in [0.15, 0.2) is 36.0 Å². The lowest BCUT2D eigenvalue weighted by Crippen LogP contribution is -2.35. The molecule has 2 nitrogen and oxygen atoms in total. The molecule has 1 aromatic carbocycles. The molecule has 0 aromatic heterocycles. The van der Waals surface area contributed by atoms with Gasteiger partial charge in [0.2, 0.25) is 0 Å². The summed E-state index contributed by atoms with van der Waals surface area (Å²) in [5.74, 6) is 0.573. The maximum absolute atomic E-state index is 3.43. The molecule has 1 heterocycles. The summed E-state index contributed by atoms with van der Waals surface area (Å²) in [5, 5.41) is 2.16. The van der Waals surface area contributed by atoms with Crippen molar-refractivity contribution in [2.45, 2.75) is 39.7 Å². The van der Waals surface area contributed by atoms with E-state index in [0.29, 0.717) is 12.0 Å². The average Bonchev–Trinajstić information content (AvgIpc) is 2.58. The first-order chi connectivity index (χ1) is 7.58. The molecule has 1 unspecified atom stereocenters. The minimum absolute atomic E-state index is 0.419. The molecule has 0 radical (unpaired) electrons. The molecule has 0 saturated heterocycles. The number of hydrogen-bond donors (Lipinski definition) is 1. The van der Waals surface area contributed by atoms with E-state index in [0.717, 1.165) is 0 Å². The first-order valence-electron chi connectivity index (χ1n) is 5.92. The van der Waals surface area contributed by atoms with Crippen LogP contribution in [0.5, 0.6) is 0 Å². The molecule has 0 fully saturated rings. The zero-order valence-corrected chi connectivity index (χ0v) is 10.5. The van der Waals surface area contributed by atoms with Crippen molar-refractivity contribution in [2.75, 3.05) is 5.01 Å². The van der Waals surface area contributed by atoms with Gasteiger partial charge in [0, 0.05) is 11.7 Å². The number of anilines is 1. The van der Waals surface area contributed by atoms with Crippen LogP contribution in [0.3, 0.4) is 0 Å². The van der Waals surface area contributed by atoms with Gasteiger partial charge in [-0.15, -0.1) is 0 Å². The highest BCUT2D eigenvalue weighted by Crippen LogP contribution is 2.25. The van der Waals surface area contributed by atoms with Crippen LogP contribution in [-0.2, 0) is 0 Å². The summed E-state index contributed by atoms with van der Waals surface area (Å²) in [7, 11) is 0. The summed E-state index contributed by atoms with van der Waals surface area (Å²) in [4.78, 5) is 0. The highest BCUT2D eigenvalue weighted by Gasteiger charge is 2.17. The largest absolute Gasteiger partial charge is 0.281 e. The zero-order chi connectivity index (χ0) is 11.7. The van der Waals surface area contributed by atoms with Crippen LogP contribution in [0.25, 0.3) is 0 Å². The SMILES string of the molecule is CC1=CC(C)NN1c1cccc(C(C)C)c1. The number of hydrogen-bond acceptors (Lipinski definition) is 2. The molecule has 0 aliphatic carbocycles. The highest BCUT2D eigenvalue weighted by atomic mass is 15.5. The fraction of sp³-hybridized carbons (Fsp3) is 0.429. The molecular weight excluding hydrogens is 196 g/mol. The molecule has 1 aliphatic rings. The van der Waals surface area contributed by atoms with Crippen molar-refractivity contribution in [1.29, 1.82) is 0 Å². The van der Waals surface area contributed by atoms with E-state index in [1.54, 1.807) is 0 Å². The number of hydrazine groups is 1. The topological polar surface area (TPSA) is 15.3 Å². The molecule has 1 aromatic rings. The first kappa shape index (κ1) is 11.2. The monoisotopic (exact) mass is 216 g/mol. The Balaban J connectivity index is 2.28. The van der Waals surface area contributed by atoms with E-state index >= 15 is 0 Å². The second-order valence-electron chi connectivity index (χ2n) is 4.81. The fourth-order valence-electron chi connectivity index (χ4n) is 2.08. The number of nitrogens with one attached hydrogen (secondary N) is 1. The fourth-order valence-corrected chi connectivity index (χ4v) is 2.08. The molecule has 16 heavy (non-hydrogen) atoms. The van der Waals surface area contributed by atoms with Gasteiger partial charge < -0.3 is 0 Å². The van der Waals surface area contributed by atoms with Crippen LogP contribution >= 0.6 is 0 Å². The van der Waals surface area contributed by atoms with Crippen LogP contribution in [0.1, 0.15) is 39.2 Å². The van der Waals surface area contributed by atoms with Crippen LogP contribution in [0, 0.1) is 0 Å². The molecule has 0 spiro atoms. The Labute approximate surface area is 97.9 Å². The summed E-state index contributed by atoms with van der Waals surface area (Å²) in [5.41, 5.74) is 7.31. The lowest BCUT2D eigenvalue weighted by molar-refractivity contribution is 0.674. The zero-order valence-electron chi connectivity index (χ0n) is 10.5. The smallest absolute Gasteiger partial charge is 0.0576 e. The van der Waals surface area contributed by atoms with Gasteiger partial charge in [0.05, 0.1) is 5.69 Å². The second-order valence-corrected chi connectivity index (χ2v) is 4.81. The third-order valence-electron chi connectivity index (χ3n) is 2.97. The maximum Gasteiger partial charge on any atom is 0.0576 e. The van der Waals surface area contributed by atoms with Gasteiger partial charge in [-0.1, -0.05) is 26.0 Å². The molecule has 1 atom stereocenters. The van der Waals surface area contributed by atoms with E-state index in [1.807, 2.05) is 0 Å². The van der Waals surface area contributed by atoms with Crippen LogP contribution in [0.4, 0.5) is 5.69 Å². The highest BCUT2D eigenvalue weighted by molar-refractivity contribution is 5.54.